The van der Waals surface area contributed by atoms with E-state index in [2.05, 4.69) is 165 Å². The third kappa shape index (κ3) is 5.89. The Morgan fingerprint density at radius 1 is 0.537 bits per heavy atom. The summed E-state index contributed by atoms with van der Waals surface area (Å²) in [6, 6.07) is 59.3. The van der Waals surface area contributed by atoms with E-state index in [4.69, 9.17) is 4.74 Å². The van der Waals surface area contributed by atoms with Crippen molar-refractivity contribution >= 4 is 44.7 Å². The van der Waals surface area contributed by atoms with Crippen molar-refractivity contribution in [3.05, 3.63) is 189 Å². The van der Waals surface area contributed by atoms with E-state index in [0.29, 0.717) is 28.4 Å². The van der Waals surface area contributed by atoms with Crippen molar-refractivity contribution in [2.75, 3.05) is 9.80 Å². The summed E-state index contributed by atoms with van der Waals surface area (Å²) < 4.78 is 8.12. The van der Waals surface area contributed by atoms with Crippen molar-refractivity contribution in [3.63, 3.8) is 0 Å². The van der Waals surface area contributed by atoms with Gasteiger partial charge in [-0.1, -0.05) is 109 Å². The second kappa shape index (κ2) is 14.1. The number of benzene rings is 7. The average molecular weight is 877 g/mol. The van der Waals surface area contributed by atoms with Crippen LogP contribution >= 0.6 is 0 Å². The number of fused-ring (bicyclic) bond motifs is 4. The van der Waals surface area contributed by atoms with Gasteiger partial charge in [-0.25, -0.2) is 14.6 Å². The Kier molecular flexibility index (Phi) is 8.70. The van der Waals surface area contributed by atoms with E-state index < -0.39 is 0 Å². The van der Waals surface area contributed by atoms with Crippen molar-refractivity contribution in [2.24, 2.45) is 0 Å². The van der Waals surface area contributed by atoms with Crippen LogP contribution in [0.3, 0.4) is 0 Å². The molecular formula is C46H29N6OPt-3. The Morgan fingerprint density at radius 2 is 1.17 bits per heavy atom. The van der Waals surface area contributed by atoms with Crippen molar-refractivity contribution in [1.29, 1.82) is 0 Å². The number of hydrogen-bond acceptors (Lipinski definition) is 6. The molecule has 8 heteroatoms. The number of hydrogen-bond donors (Lipinski definition) is 0. The molecule has 0 atom stereocenters. The minimum absolute atomic E-state index is 0. The van der Waals surface area contributed by atoms with Crippen LogP contribution in [0.1, 0.15) is 0 Å². The van der Waals surface area contributed by atoms with Crippen LogP contribution in [0.25, 0.3) is 49.9 Å². The molecule has 9 aromatic rings. The predicted molar refractivity (Wildman–Crippen MR) is 211 cm³/mol. The molecule has 2 aromatic heterocycles. The van der Waals surface area contributed by atoms with Crippen LogP contribution in [0.15, 0.2) is 170 Å². The summed E-state index contributed by atoms with van der Waals surface area (Å²) in [5, 5.41) is 6.80. The van der Waals surface area contributed by atoms with E-state index in [-0.39, 0.29) is 21.1 Å². The van der Waals surface area contributed by atoms with Gasteiger partial charge in [0.25, 0.3) is 0 Å². The summed E-state index contributed by atoms with van der Waals surface area (Å²) >= 11 is 0. The molecule has 54 heavy (non-hydrogen) atoms. The molecule has 0 saturated heterocycles. The van der Waals surface area contributed by atoms with Gasteiger partial charge in [-0.05, 0) is 28.3 Å². The molecule has 10 rings (SSSR count). The van der Waals surface area contributed by atoms with Gasteiger partial charge < -0.3 is 14.5 Å². The number of aromatic nitrogens is 4. The summed E-state index contributed by atoms with van der Waals surface area (Å²) in [7, 11) is 0. The van der Waals surface area contributed by atoms with Crippen LogP contribution in [0.4, 0.5) is 22.7 Å². The fourth-order valence-electron chi connectivity index (χ4n) is 7.11. The number of rotatable bonds is 7. The summed E-state index contributed by atoms with van der Waals surface area (Å²) in [6.07, 6.45) is 5.00. The minimum Gasteiger partial charge on any atom is -0.509 e. The molecule has 7 aromatic carbocycles. The SMILES string of the molecule is [Pt].[c-]1c(Oc2[c-]c(-n3ncc4nccnc43)ccc2)cccc1N1[CH-]N(c2c(-c3ccccc3)cccc2-c2ccccc2)c2c1ccc1ccccc21. The normalized spacial score (nSPS) is 12.1. The van der Waals surface area contributed by atoms with Gasteiger partial charge in [0.1, 0.15) is 5.52 Å². The topological polar surface area (TPSA) is 59.3 Å². The van der Waals surface area contributed by atoms with Crippen LogP contribution in [0, 0.1) is 18.8 Å². The maximum Gasteiger partial charge on any atom is 0.179 e. The van der Waals surface area contributed by atoms with Crippen molar-refractivity contribution in [1.82, 2.24) is 19.7 Å². The van der Waals surface area contributed by atoms with Crippen LogP contribution < -0.4 is 14.5 Å². The zero-order chi connectivity index (χ0) is 35.1. The number of nitrogens with zero attached hydrogens (tertiary/aromatic N) is 6. The van der Waals surface area contributed by atoms with Gasteiger partial charge in [0.2, 0.25) is 0 Å². The third-order valence-corrected chi connectivity index (χ3v) is 9.47. The number of anilines is 4. The zero-order valence-corrected chi connectivity index (χ0v) is 30.9. The van der Waals surface area contributed by atoms with Crippen molar-refractivity contribution in [2.45, 2.75) is 0 Å². The quantitative estimate of drug-likeness (QED) is 0.149. The summed E-state index contributed by atoms with van der Waals surface area (Å²) in [5.41, 5.74) is 10.7. The number of para-hydroxylation sites is 1. The molecular weight excluding hydrogens is 848 g/mol. The van der Waals surface area contributed by atoms with E-state index >= 15 is 0 Å². The molecule has 0 unspecified atom stereocenters. The maximum atomic E-state index is 6.41. The van der Waals surface area contributed by atoms with Gasteiger partial charge in [-0.15, -0.1) is 48.8 Å². The molecule has 262 valence electrons. The number of ether oxygens (including phenoxy) is 1. The van der Waals surface area contributed by atoms with Gasteiger partial charge in [0.05, 0.1) is 6.20 Å². The third-order valence-electron chi connectivity index (χ3n) is 9.47. The Bertz CT molecular complexity index is 2710. The Hall–Kier alpha value is -6.56. The smallest absolute Gasteiger partial charge is 0.179 e. The molecule has 1 aliphatic rings. The molecule has 1 aliphatic heterocycles. The second-order valence-electron chi connectivity index (χ2n) is 12.7. The van der Waals surface area contributed by atoms with Crippen molar-refractivity contribution < 1.29 is 25.8 Å². The molecule has 0 amide bonds. The summed E-state index contributed by atoms with van der Waals surface area (Å²) in [6.45, 7) is 2.18. The van der Waals surface area contributed by atoms with Gasteiger partial charge in [-0.3, -0.25) is 0 Å². The fourth-order valence-corrected chi connectivity index (χ4v) is 7.11. The van der Waals surface area contributed by atoms with Crippen molar-refractivity contribution in [3.8, 4) is 39.4 Å². The zero-order valence-electron chi connectivity index (χ0n) is 28.7. The molecule has 0 saturated carbocycles. The first-order valence-electron chi connectivity index (χ1n) is 17.4. The molecule has 3 heterocycles. The molecule has 0 spiro atoms. The molecule has 7 nitrogen and oxygen atoms in total. The maximum absolute atomic E-state index is 6.41. The molecule has 0 bridgehead atoms. The van der Waals surface area contributed by atoms with E-state index in [0.717, 1.165) is 55.8 Å². The first-order valence-corrected chi connectivity index (χ1v) is 17.4. The first-order chi connectivity index (χ1) is 26.3. The molecule has 0 fully saturated rings. The minimum atomic E-state index is 0. The fraction of sp³-hybridized carbons (Fsp3) is 0. The predicted octanol–water partition coefficient (Wildman–Crippen LogP) is 11.1. The average Bonchev–Trinajstić information content (AvgIpc) is 3.84. The van der Waals surface area contributed by atoms with E-state index in [9.17, 15) is 0 Å². The van der Waals surface area contributed by atoms with E-state index in [1.54, 1.807) is 23.3 Å². The molecule has 0 N–H and O–H groups in total. The monoisotopic (exact) mass is 876 g/mol. The van der Waals surface area contributed by atoms with Crippen LogP contribution in [-0.4, -0.2) is 19.7 Å². The van der Waals surface area contributed by atoms with Gasteiger partial charge >= 0.3 is 0 Å². The molecule has 0 radical (unpaired) electrons. The Morgan fingerprint density at radius 3 is 1.91 bits per heavy atom. The van der Waals surface area contributed by atoms with Gasteiger partial charge in [-0.2, -0.15) is 17.2 Å². The van der Waals surface area contributed by atoms with Crippen LogP contribution in [0.2, 0.25) is 0 Å². The second-order valence-corrected chi connectivity index (χ2v) is 12.7. The van der Waals surface area contributed by atoms with Gasteiger partial charge in [0, 0.05) is 78.5 Å². The van der Waals surface area contributed by atoms with Gasteiger partial charge in [0.15, 0.2) is 5.65 Å². The van der Waals surface area contributed by atoms with E-state index in [1.807, 2.05) is 30.3 Å². The summed E-state index contributed by atoms with van der Waals surface area (Å²) in [5.74, 6) is 1.09. The standard InChI is InChI=1S/C46H29N6O.Pt/c1-3-12-32(13-4-1)39-22-11-23-40(33-14-5-2-6-15-33)44(39)51-31-50(43-25-24-34-16-7-8-21-41(34)45(43)51)35-17-9-19-37(28-35)53-38-20-10-18-36(29-38)52-46-42(30-49-52)47-26-27-48-46;/h1-27,30-31H;/q-3;. The largest absolute Gasteiger partial charge is 0.509 e. The first kappa shape index (κ1) is 33.3. The van der Waals surface area contributed by atoms with E-state index in [1.165, 1.54) is 0 Å². The Balaban J connectivity index is 0.00000384. The summed E-state index contributed by atoms with van der Waals surface area (Å²) in [4.78, 5) is 13.4. The van der Waals surface area contributed by atoms with Crippen LogP contribution in [-0.2, 0) is 21.1 Å². The molecule has 0 aliphatic carbocycles. The van der Waals surface area contributed by atoms with Crippen LogP contribution in [0.5, 0.6) is 11.5 Å². The Labute approximate surface area is 327 Å².